The Bertz CT molecular complexity index is 880. The average Bonchev–Trinajstić information content (AvgIpc) is 3.38. The minimum atomic E-state index is -0.0757. The number of rotatable bonds is 5. The summed E-state index contributed by atoms with van der Waals surface area (Å²) in [6.07, 6.45) is 5.78. The highest BCUT2D eigenvalue weighted by atomic mass is 16.5. The number of hydrogen-bond donors (Lipinski definition) is 1. The number of likely N-dealkylation sites (tertiary alicyclic amines) is 1. The van der Waals surface area contributed by atoms with Crippen molar-refractivity contribution in [3.63, 3.8) is 0 Å². The predicted molar refractivity (Wildman–Crippen MR) is 115 cm³/mol. The Morgan fingerprint density at radius 3 is 2.84 bits per heavy atom. The number of pyridine rings is 1. The fourth-order valence-electron chi connectivity index (χ4n) is 4.90. The normalized spacial score (nSPS) is 27.1. The van der Waals surface area contributed by atoms with E-state index in [-0.39, 0.29) is 11.9 Å². The van der Waals surface area contributed by atoms with Crippen LogP contribution < -0.4 is 10.1 Å². The van der Waals surface area contributed by atoms with E-state index in [1.165, 1.54) is 0 Å². The monoisotopic (exact) mass is 426 g/mol. The second-order valence-electron chi connectivity index (χ2n) is 8.81. The molecule has 4 aliphatic heterocycles. The third-order valence-corrected chi connectivity index (χ3v) is 6.70. The number of aliphatic imine (C=N–C) groups is 1. The van der Waals surface area contributed by atoms with Gasteiger partial charge in [0.1, 0.15) is 18.3 Å². The summed E-state index contributed by atoms with van der Waals surface area (Å²) >= 11 is 0. The molecule has 31 heavy (non-hydrogen) atoms. The van der Waals surface area contributed by atoms with Crippen LogP contribution in [-0.2, 0) is 11.3 Å². The third-order valence-electron chi connectivity index (χ3n) is 6.70. The van der Waals surface area contributed by atoms with Gasteiger partial charge in [0, 0.05) is 51.0 Å². The van der Waals surface area contributed by atoms with Gasteiger partial charge in [0.25, 0.3) is 0 Å². The van der Waals surface area contributed by atoms with Crippen molar-refractivity contribution in [3.05, 3.63) is 36.0 Å². The second-order valence-corrected chi connectivity index (χ2v) is 8.81. The molecule has 4 aliphatic rings. The number of carbonyl (C=O) groups is 1. The summed E-state index contributed by atoms with van der Waals surface area (Å²) in [6, 6.07) is 4.28. The van der Waals surface area contributed by atoms with E-state index in [1.54, 1.807) is 18.2 Å². The van der Waals surface area contributed by atoms with Crippen LogP contribution in [0.25, 0.3) is 0 Å². The van der Waals surface area contributed by atoms with Gasteiger partial charge in [0.2, 0.25) is 0 Å². The molecule has 0 aromatic carbocycles. The van der Waals surface area contributed by atoms with E-state index in [0.717, 1.165) is 68.8 Å². The zero-order valence-corrected chi connectivity index (χ0v) is 18.2. The highest BCUT2D eigenvalue weighted by molar-refractivity contribution is 6.02. The Labute approximate surface area is 182 Å². The number of nitrogens with zero attached hydrogens (tertiary/aromatic N) is 5. The maximum Gasteiger partial charge on any atom is 0.329 e. The molecule has 0 aliphatic carbocycles. The van der Waals surface area contributed by atoms with Crippen molar-refractivity contribution in [3.8, 4) is 5.75 Å². The summed E-state index contributed by atoms with van der Waals surface area (Å²) in [4.78, 5) is 28.5. The largest absolute Gasteiger partial charge is 0.495 e. The van der Waals surface area contributed by atoms with Crippen LogP contribution in [0.5, 0.6) is 5.75 Å². The Morgan fingerprint density at radius 1 is 1.26 bits per heavy atom. The summed E-state index contributed by atoms with van der Waals surface area (Å²) < 4.78 is 10.7. The van der Waals surface area contributed by atoms with Gasteiger partial charge in [0.05, 0.1) is 19.0 Å². The summed E-state index contributed by atoms with van der Waals surface area (Å²) in [5.41, 5.74) is 1.01. The Morgan fingerprint density at radius 2 is 2.10 bits per heavy atom. The van der Waals surface area contributed by atoms with Crippen LogP contribution in [0.15, 0.2) is 35.3 Å². The third kappa shape index (κ3) is 4.12. The molecule has 1 aromatic rings. The molecule has 0 saturated carbocycles. The standard InChI is InChI=1S/C22H30N6O3/c1-15-10-26(11-16-3-4-18(30-2)9-23-16)12-19(15)21-24-20-13-27(14-28(20)22(29)25-21)17-5-7-31-8-6-17/h3-4,9,13,15,17,19H,5-8,10-12,14H2,1-2H3,(H,24,25,29). The van der Waals surface area contributed by atoms with E-state index in [2.05, 4.69) is 27.0 Å². The Balaban J connectivity index is 1.27. The lowest BCUT2D eigenvalue weighted by Crippen LogP contribution is -2.50. The topological polar surface area (TPSA) is 82.5 Å². The van der Waals surface area contributed by atoms with Gasteiger partial charge >= 0.3 is 6.03 Å². The number of urea groups is 1. The molecule has 5 rings (SSSR count). The van der Waals surface area contributed by atoms with Crippen molar-refractivity contribution in [2.45, 2.75) is 32.4 Å². The first-order valence-electron chi connectivity index (χ1n) is 11.0. The average molecular weight is 427 g/mol. The number of ether oxygens (including phenoxy) is 2. The highest BCUT2D eigenvalue weighted by Gasteiger charge is 2.40. The smallest absolute Gasteiger partial charge is 0.329 e. The first-order valence-corrected chi connectivity index (χ1v) is 11.0. The van der Waals surface area contributed by atoms with Gasteiger partial charge in [-0.2, -0.15) is 0 Å². The van der Waals surface area contributed by atoms with E-state index in [4.69, 9.17) is 14.5 Å². The zero-order chi connectivity index (χ0) is 21.4. The molecule has 9 heteroatoms. The molecule has 0 radical (unpaired) electrons. The SMILES string of the molecule is COc1ccc(CN2CC(C)C(C3=NC4=CN(C5CCOCC5)CN4C(=O)N3)C2)nc1. The van der Waals surface area contributed by atoms with Gasteiger partial charge in [0.15, 0.2) is 5.82 Å². The number of amides is 2. The Kier molecular flexibility index (Phi) is 5.54. The predicted octanol–water partition coefficient (Wildman–Crippen LogP) is 1.83. The number of nitrogens with one attached hydrogen (secondary N) is 1. The summed E-state index contributed by atoms with van der Waals surface area (Å²) in [6.45, 7) is 6.93. The molecule has 2 amide bonds. The van der Waals surface area contributed by atoms with Crippen molar-refractivity contribution >= 4 is 11.9 Å². The number of amidine groups is 1. The molecule has 2 saturated heterocycles. The van der Waals surface area contributed by atoms with E-state index < -0.39 is 0 Å². The quantitative estimate of drug-likeness (QED) is 0.774. The van der Waals surface area contributed by atoms with Crippen molar-refractivity contribution in [1.82, 2.24) is 25.0 Å². The van der Waals surface area contributed by atoms with Gasteiger partial charge in [-0.25, -0.2) is 9.79 Å². The van der Waals surface area contributed by atoms with E-state index in [1.807, 2.05) is 18.3 Å². The van der Waals surface area contributed by atoms with Crippen molar-refractivity contribution in [2.24, 2.45) is 16.8 Å². The summed E-state index contributed by atoms with van der Waals surface area (Å²) in [5.74, 6) is 2.91. The lowest BCUT2D eigenvalue weighted by atomic mass is 9.96. The summed E-state index contributed by atoms with van der Waals surface area (Å²) in [7, 11) is 1.65. The molecular weight excluding hydrogens is 396 g/mol. The molecule has 5 heterocycles. The molecule has 2 atom stereocenters. The van der Waals surface area contributed by atoms with Crippen molar-refractivity contribution in [2.75, 3.05) is 40.1 Å². The van der Waals surface area contributed by atoms with Crippen molar-refractivity contribution < 1.29 is 14.3 Å². The van der Waals surface area contributed by atoms with E-state index in [0.29, 0.717) is 18.6 Å². The van der Waals surface area contributed by atoms with Crippen LogP contribution in [0.3, 0.4) is 0 Å². The van der Waals surface area contributed by atoms with Gasteiger partial charge < -0.3 is 14.4 Å². The van der Waals surface area contributed by atoms with Crippen LogP contribution in [0.1, 0.15) is 25.5 Å². The molecule has 9 nitrogen and oxygen atoms in total. The first kappa shape index (κ1) is 20.3. The maximum absolute atomic E-state index is 12.8. The number of hydrogen-bond acceptors (Lipinski definition) is 7. The minimum absolute atomic E-state index is 0.0757. The molecule has 1 N–H and O–H groups in total. The van der Waals surface area contributed by atoms with Gasteiger partial charge in [-0.05, 0) is 30.9 Å². The lowest BCUT2D eigenvalue weighted by molar-refractivity contribution is 0.0459. The molecule has 1 aromatic heterocycles. The molecule has 0 bridgehead atoms. The Hall–Kier alpha value is -2.65. The van der Waals surface area contributed by atoms with Gasteiger partial charge in [-0.1, -0.05) is 6.92 Å². The van der Waals surface area contributed by atoms with Crippen LogP contribution in [0, 0.1) is 11.8 Å². The fraction of sp³-hybridized carbons (Fsp3) is 0.591. The summed E-state index contributed by atoms with van der Waals surface area (Å²) in [5, 5.41) is 3.07. The fourth-order valence-corrected chi connectivity index (χ4v) is 4.90. The molecular formula is C22H30N6O3. The second kappa shape index (κ2) is 8.47. The van der Waals surface area contributed by atoms with Gasteiger partial charge in [-0.15, -0.1) is 0 Å². The maximum atomic E-state index is 12.8. The molecule has 2 fully saturated rings. The van der Waals surface area contributed by atoms with Crippen LogP contribution >= 0.6 is 0 Å². The highest BCUT2D eigenvalue weighted by Crippen LogP contribution is 2.30. The molecule has 2 unspecified atom stereocenters. The number of methoxy groups -OCH3 is 1. The van der Waals surface area contributed by atoms with E-state index >= 15 is 0 Å². The van der Waals surface area contributed by atoms with Crippen LogP contribution in [0.4, 0.5) is 4.79 Å². The van der Waals surface area contributed by atoms with Crippen LogP contribution in [0.2, 0.25) is 0 Å². The number of aromatic nitrogens is 1. The lowest BCUT2D eigenvalue weighted by Gasteiger charge is -2.32. The van der Waals surface area contributed by atoms with Gasteiger partial charge in [-0.3, -0.25) is 20.1 Å². The first-order chi connectivity index (χ1) is 15.1. The van der Waals surface area contributed by atoms with E-state index in [9.17, 15) is 4.79 Å². The van der Waals surface area contributed by atoms with Crippen molar-refractivity contribution in [1.29, 1.82) is 0 Å². The molecule has 166 valence electrons. The zero-order valence-electron chi connectivity index (χ0n) is 18.2. The molecule has 0 spiro atoms. The van der Waals surface area contributed by atoms with Crippen LogP contribution in [-0.4, -0.2) is 77.7 Å². The minimum Gasteiger partial charge on any atom is -0.495 e. The number of carbonyl (C=O) groups excluding carboxylic acids is 1. The number of fused-ring (bicyclic) bond motifs is 1.